The normalized spacial score (nSPS) is 14.7. The summed E-state index contributed by atoms with van der Waals surface area (Å²) in [5.74, 6) is 0. The first-order valence-corrected chi connectivity index (χ1v) is 2.00. The van der Waals surface area contributed by atoms with Crippen LogP contribution in [0.3, 0.4) is 0 Å². The molecule has 0 aliphatic carbocycles. The molecule has 4 nitrogen and oxygen atoms in total. The van der Waals surface area contributed by atoms with E-state index in [2.05, 4.69) is 15.8 Å². The Morgan fingerprint density at radius 2 is 2.29 bits per heavy atom. The van der Waals surface area contributed by atoms with Crippen molar-refractivity contribution in [3.8, 4) is 0 Å². The topological polar surface area (TPSA) is 57.0 Å². The molecule has 1 unspecified atom stereocenters. The number of nitrogens with zero attached hydrogens (tertiary/aromatic N) is 2. The molecular formula is C3H9N3O. The summed E-state index contributed by atoms with van der Waals surface area (Å²) < 4.78 is 0. The van der Waals surface area contributed by atoms with Crippen LogP contribution in [0.25, 0.3) is 0 Å². The Morgan fingerprint density at radius 3 is 2.43 bits per heavy atom. The molecule has 0 fully saturated rings. The third kappa shape index (κ3) is 5.36. The van der Waals surface area contributed by atoms with Gasteiger partial charge in [0.2, 0.25) is 0 Å². The summed E-state index contributed by atoms with van der Waals surface area (Å²) in [6, 6.07) is 0. The van der Waals surface area contributed by atoms with Crippen molar-refractivity contribution in [2.24, 2.45) is 10.3 Å². The van der Waals surface area contributed by atoms with Crippen LogP contribution in [0.15, 0.2) is 10.3 Å². The third-order valence-electron chi connectivity index (χ3n) is 0.345. The first-order chi connectivity index (χ1) is 3.27. The Labute approximate surface area is 42.2 Å². The van der Waals surface area contributed by atoms with E-state index in [1.807, 2.05) is 0 Å². The van der Waals surface area contributed by atoms with Gasteiger partial charge in [-0.3, -0.25) is 5.43 Å². The molecule has 1 atom stereocenters. The number of aliphatic hydroxyl groups excluding tert-OH is 1. The standard InChI is InChI=1S/C3H9N3O/c1-3(7)5-6-4-2/h3,7H,1-2H3,(H,4,5). The highest BCUT2D eigenvalue weighted by atomic mass is 16.3. The summed E-state index contributed by atoms with van der Waals surface area (Å²) in [5.41, 5.74) is 2.31. The minimum atomic E-state index is -0.608. The summed E-state index contributed by atoms with van der Waals surface area (Å²) in [6.07, 6.45) is -0.608. The van der Waals surface area contributed by atoms with Crippen LogP contribution in [0.1, 0.15) is 6.92 Å². The molecule has 0 saturated heterocycles. The zero-order valence-electron chi connectivity index (χ0n) is 4.42. The van der Waals surface area contributed by atoms with E-state index in [0.29, 0.717) is 0 Å². The SMILES string of the molecule is CN=NNC(C)O. The van der Waals surface area contributed by atoms with Crippen molar-refractivity contribution >= 4 is 0 Å². The van der Waals surface area contributed by atoms with Gasteiger partial charge in [-0.05, 0) is 6.92 Å². The van der Waals surface area contributed by atoms with E-state index in [0.717, 1.165) is 0 Å². The minimum Gasteiger partial charge on any atom is -0.373 e. The van der Waals surface area contributed by atoms with Gasteiger partial charge in [0, 0.05) is 0 Å². The van der Waals surface area contributed by atoms with Crippen LogP contribution in [0.2, 0.25) is 0 Å². The molecule has 7 heavy (non-hydrogen) atoms. The second kappa shape index (κ2) is 3.55. The fraction of sp³-hybridized carbons (Fsp3) is 1.00. The van der Waals surface area contributed by atoms with E-state index in [-0.39, 0.29) is 0 Å². The lowest BCUT2D eigenvalue weighted by molar-refractivity contribution is 0.155. The van der Waals surface area contributed by atoms with Gasteiger partial charge in [-0.15, -0.1) is 0 Å². The second-order valence-corrected chi connectivity index (χ2v) is 1.11. The lowest BCUT2D eigenvalue weighted by Gasteiger charge is -1.97. The van der Waals surface area contributed by atoms with Crippen LogP contribution in [0.5, 0.6) is 0 Å². The molecular weight excluding hydrogens is 94.1 g/mol. The minimum absolute atomic E-state index is 0.608. The van der Waals surface area contributed by atoms with Gasteiger partial charge in [-0.25, -0.2) is 0 Å². The van der Waals surface area contributed by atoms with Crippen LogP contribution < -0.4 is 5.43 Å². The largest absolute Gasteiger partial charge is 0.373 e. The van der Waals surface area contributed by atoms with Crippen LogP contribution in [-0.2, 0) is 0 Å². The smallest absolute Gasteiger partial charge is 0.138 e. The summed E-state index contributed by atoms with van der Waals surface area (Å²) in [5, 5.41) is 15.0. The van der Waals surface area contributed by atoms with Gasteiger partial charge in [0.05, 0.1) is 7.05 Å². The van der Waals surface area contributed by atoms with Crippen molar-refractivity contribution in [2.75, 3.05) is 7.05 Å². The van der Waals surface area contributed by atoms with E-state index in [1.54, 1.807) is 6.92 Å². The number of hydrogen-bond acceptors (Lipinski definition) is 3. The van der Waals surface area contributed by atoms with Gasteiger partial charge < -0.3 is 5.11 Å². The molecule has 0 bridgehead atoms. The van der Waals surface area contributed by atoms with Crippen LogP contribution in [0.4, 0.5) is 0 Å². The van der Waals surface area contributed by atoms with Gasteiger partial charge in [0.1, 0.15) is 6.23 Å². The second-order valence-electron chi connectivity index (χ2n) is 1.11. The highest BCUT2D eigenvalue weighted by molar-refractivity contribution is 4.29. The zero-order valence-corrected chi connectivity index (χ0v) is 4.42. The predicted octanol–water partition coefficient (Wildman–Crippen LogP) is -0.0887. The molecule has 0 amide bonds. The Balaban J connectivity index is 2.97. The lowest BCUT2D eigenvalue weighted by Crippen LogP contribution is -2.18. The molecule has 42 valence electrons. The molecule has 0 aliphatic rings. The predicted molar refractivity (Wildman–Crippen MR) is 25.6 cm³/mol. The Kier molecular flexibility index (Phi) is 3.22. The molecule has 0 aromatic rings. The molecule has 0 aromatic carbocycles. The average molecular weight is 103 g/mol. The molecule has 4 heteroatoms. The highest BCUT2D eigenvalue weighted by Crippen LogP contribution is 1.69. The zero-order chi connectivity index (χ0) is 5.70. The van der Waals surface area contributed by atoms with E-state index in [1.165, 1.54) is 7.05 Å². The van der Waals surface area contributed by atoms with E-state index >= 15 is 0 Å². The summed E-state index contributed by atoms with van der Waals surface area (Å²) in [4.78, 5) is 0. The quantitative estimate of drug-likeness (QED) is 0.291. The molecule has 0 spiro atoms. The molecule has 0 saturated carbocycles. The van der Waals surface area contributed by atoms with Crippen molar-refractivity contribution < 1.29 is 5.11 Å². The van der Waals surface area contributed by atoms with Crippen molar-refractivity contribution in [2.45, 2.75) is 13.2 Å². The maximum absolute atomic E-state index is 8.42. The van der Waals surface area contributed by atoms with Crippen molar-refractivity contribution in [3.05, 3.63) is 0 Å². The molecule has 0 radical (unpaired) electrons. The molecule has 2 N–H and O–H groups in total. The van der Waals surface area contributed by atoms with Gasteiger partial charge in [0.25, 0.3) is 0 Å². The Hall–Kier alpha value is -0.640. The number of aliphatic hydroxyl groups is 1. The van der Waals surface area contributed by atoms with E-state index < -0.39 is 6.23 Å². The van der Waals surface area contributed by atoms with Crippen molar-refractivity contribution in [1.82, 2.24) is 5.43 Å². The maximum Gasteiger partial charge on any atom is 0.138 e. The number of nitrogens with one attached hydrogen (secondary N) is 1. The van der Waals surface area contributed by atoms with E-state index in [9.17, 15) is 0 Å². The van der Waals surface area contributed by atoms with E-state index in [4.69, 9.17) is 5.11 Å². The number of rotatable bonds is 2. The van der Waals surface area contributed by atoms with Crippen molar-refractivity contribution in [1.29, 1.82) is 0 Å². The highest BCUT2D eigenvalue weighted by Gasteiger charge is 1.83. The van der Waals surface area contributed by atoms with Gasteiger partial charge >= 0.3 is 0 Å². The Morgan fingerprint density at radius 1 is 1.71 bits per heavy atom. The van der Waals surface area contributed by atoms with Gasteiger partial charge in [0.15, 0.2) is 0 Å². The van der Waals surface area contributed by atoms with Crippen LogP contribution in [-0.4, -0.2) is 18.4 Å². The van der Waals surface area contributed by atoms with Gasteiger partial charge in [-0.2, -0.15) is 5.11 Å². The first-order valence-electron chi connectivity index (χ1n) is 2.00. The maximum atomic E-state index is 8.42. The average Bonchev–Trinajstić information content (AvgIpc) is 1.61. The molecule has 0 rings (SSSR count). The first kappa shape index (κ1) is 6.36. The monoisotopic (exact) mass is 103 g/mol. The van der Waals surface area contributed by atoms with Crippen LogP contribution >= 0.6 is 0 Å². The number of hydrogen-bond donors (Lipinski definition) is 2. The van der Waals surface area contributed by atoms with Crippen LogP contribution in [0, 0.1) is 0 Å². The molecule has 0 heterocycles. The van der Waals surface area contributed by atoms with Gasteiger partial charge in [-0.1, -0.05) is 5.22 Å². The molecule has 0 aromatic heterocycles. The summed E-state index contributed by atoms with van der Waals surface area (Å²) in [6.45, 7) is 1.56. The third-order valence-corrected chi connectivity index (χ3v) is 0.345. The Bertz CT molecular complexity index is 61.2. The summed E-state index contributed by atoms with van der Waals surface area (Å²) >= 11 is 0. The molecule has 0 aliphatic heterocycles. The van der Waals surface area contributed by atoms with Crippen molar-refractivity contribution in [3.63, 3.8) is 0 Å². The lowest BCUT2D eigenvalue weighted by atomic mass is 10.7. The fourth-order valence-corrected chi connectivity index (χ4v) is 0.141. The summed E-state index contributed by atoms with van der Waals surface area (Å²) in [7, 11) is 1.52. The fourth-order valence-electron chi connectivity index (χ4n) is 0.141.